The predicted molar refractivity (Wildman–Crippen MR) is 86.6 cm³/mol. The van der Waals surface area contributed by atoms with E-state index in [4.69, 9.17) is 9.84 Å². The van der Waals surface area contributed by atoms with Crippen molar-refractivity contribution in [3.05, 3.63) is 59.7 Å². The minimum Gasteiger partial charge on any atom is -0.494 e. The molecule has 112 valence electrons. The maximum atomic E-state index is 9.04. The zero-order chi connectivity index (χ0) is 15.1. The summed E-state index contributed by atoms with van der Waals surface area (Å²) in [5.41, 5.74) is 3.18. The Hall–Kier alpha value is -2.00. The van der Waals surface area contributed by atoms with Gasteiger partial charge in [-0.3, -0.25) is 0 Å². The van der Waals surface area contributed by atoms with Gasteiger partial charge in [-0.1, -0.05) is 31.2 Å². The van der Waals surface area contributed by atoms with E-state index in [0.29, 0.717) is 0 Å². The first kappa shape index (κ1) is 15.4. The Morgan fingerprint density at radius 1 is 1.05 bits per heavy atom. The lowest BCUT2D eigenvalue weighted by Gasteiger charge is -2.16. The molecule has 0 aliphatic heterocycles. The molecule has 0 aliphatic carbocycles. The molecular formula is C18H23NO2. The van der Waals surface area contributed by atoms with Crippen molar-refractivity contribution in [1.82, 2.24) is 0 Å². The summed E-state index contributed by atoms with van der Waals surface area (Å²) >= 11 is 0. The van der Waals surface area contributed by atoms with E-state index in [1.807, 2.05) is 36.4 Å². The zero-order valence-corrected chi connectivity index (χ0v) is 12.7. The Morgan fingerprint density at radius 2 is 1.71 bits per heavy atom. The van der Waals surface area contributed by atoms with Crippen molar-refractivity contribution in [1.29, 1.82) is 0 Å². The number of hydrogen-bond donors (Lipinski definition) is 2. The van der Waals surface area contributed by atoms with E-state index >= 15 is 0 Å². The fourth-order valence-electron chi connectivity index (χ4n) is 2.11. The molecule has 0 bridgehead atoms. The van der Waals surface area contributed by atoms with E-state index in [1.54, 1.807) is 0 Å². The number of rotatable bonds is 7. The van der Waals surface area contributed by atoms with Crippen molar-refractivity contribution in [2.24, 2.45) is 0 Å². The number of anilines is 1. The third-order valence-corrected chi connectivity index (χ3v) is 3.37. The van der Waals surface area contributed by atoms with Crippen molar-refractivity contribution in [3.63, 3.8) is 0 Å². The molecule has 0 spiro atoms. The van der Waals surface area contributed by atoms with Crippen molar-refractivity contribution < 1.29 is 9.84 Å². The van der Waals surface area contributed by atoms with Gasteiger partial charge in [0.05, 0.1) is 13.2 Å². The molecule has 0 aliphatic rings. The molecule has 2 N–H and O–H groups in total. The first-order valence-corrected chi connectivity index (χ1v) is 7.42. The Labute approximate surface area is 126 Å². The van der Waals surface area contributed by atoms with Gasteiger partial charge in [-0.05, 0) is 48.7 Å². The maximum absolute atomic E-state index is 9.04. The quantitative estimate of drug-likeness (QED) is 0.803. The number of aliphatic hydroxyl groups is 1. The van der Waals surface area contributed by atoms with Gasteiger partial charge in [0.1, 0.15) is 5.75 Å². The van der Waals surface area contributed by atoms with Crippen LogP contribution in [0.2, 0.25) is 0 Å². The summed E-state index contributed by atoms with van der Waals surface area (Å²) in [6, 6.07) is 16.2. The maximum Gasteiger partial charge on any atom is 0.119 e. The summed E-state index contributed by atoms with van der Waals surface area (Å²) in [6.45, 7) is 5.06. The number of hydrogen-bond acceptors (Lipinski definition) is 3. The van der Waals surface area contributed by atoms with Crippen molar-refractivity contribution >= 4 is 5.69 Å². The monoisotopic (exact) mass is 285 g/mol. The van der Waals surface area contributed by atoms with Crippen LogP contribution >= 0.6 is 0 Å². The summed E-state index contributed by atoms with van der Waals surface area (Å²) in [6.07, 6.45) is 1.02. The predicted octanol–water partition coefficient (Wildman–Crippen LogP) is 4.14. The molecule has 21 heavy (non-hydrogen) atoms. The molecule has 0 saturated heterocycles. The molecule has 0 aromatic heterocycles. The van der Waals surface area contributed by atoms with E-state index in [0.717, 1.165) is 30.0 Å². The molecule has 2 aromatic carbocycles. The van der Waals surface area contributed by atoms with Crippen LogP contribution in [0.3, 0.4) is 0 Å². The molecular weight excluding hydrogens is 262 g/mol. The van der Waals surface area contributed by atoms with Crippen LogP contribution in [0.1, 0.15) is 37.4 Å². The lowest BCUT2D eigenvalue weighted by molar-refractivity contribution is 0.282. The van der Waals surface area contributed by atoms with Crippen molar-refractivity contribution in [2.45, 2.75) is 32.9 Å². The lowest BCUT2D eigenvalue weighted by atomic mass is 10.1. The van der Waals surface area contributed by atoms with Crippen LogP contribution in [0, 0.1) is 0 Å². The van der Waals surface area contributed by atoms with Gasteiger partial charge in [-0.25, -0.2) is 0 Å². The fraction of sp³-hybridized carbons (Fsp3) is 0.333. The van der Waals surface area contributed by atoms with E-state index < -0.39 is 0 Å². The number of benzene rings is 2. The standard InChI is InChI=1S/C18H23NO2/c1-3-12-21-18-10-6-16(7-11-18)14(2)19-17-8-4-15(13-20)5-9-17/h4-11,14,19-20H,3,12-13H2,1-2H3. The average Bonchev–Trinajstić information content (AvgIpc) is 2.54. The highest BCUT2D eigenvalue weighted by Gasteiger charge is 2.05. The Bertz CT molecular complexity index is 534. The molecule has 0 amide bonds. The molecule has 2 rings (SSSR count). The van der Waals surface area contributed by atoms with Crippen LogP contribution in [0.5, 0.6) is 5.75 Å². The van der Waals surface area contributed by atoms with Gasteiger partial charge in [0.2, 0.25) is 0 Å². The van der Waals surface area contributed by atoms with Gasteiger partial charge in [0.15, 0.2) is 0 Å². The highest BCUT2D eigenvalue weighted by molar-refractivity contribution is 5.47. The Morgan fingerprint density at radius 3 is 2.29 bits per heavy atom. The number of aliphatic hydroxyl groups excluding tert-OH is 1. The summed E-state index contributed by atoms with van der Waals surface area (Å²) in [7, 11) is 0. The van der Waals surface area contributed by atoms with Crippen molar-refractivity contribution in [2.75, 3.05) is 11.9 Å². The van der Waals surface area contributed by atoms with Crippen LogP contribution < -0.4 is 10.1 Å². The van der Waals surface area contributed by atoms with Gasteiger partial charge >= 0.3 is 0 Å². The molecule has 3 heteroatoms. The van der Waals surface area contributed by atoms with Crippen LogP contribution in [0.15, 0.2) is 48.5 Å². The molecule has 0 fully saturated rings. The molecule has 3 nitrogen and oxygen atoms in total. The highest BCUT2D eigenvalue weighted by atomic mass is 16.5. The second kappa shape index (κ2) is 7.70. The third kappa shape index (κ3) is 4.50. The second-order valence-corrected chi connectivity index (χ2v) is 5.14. The van der Waals surface area contributed by atoms with E-state index in [1.165, 1.54) is 5.56 Å². The summed E-state index contributed by atoms with van der Waals surface area (Å²) in [5, 5.41) is 12.5. The second-order valence-electron chi connectivity index (χ2n) is 5.14. The lowest BCUT2D eigenvalue weighted by Crippen LogP contribution is -2.06. The van der Waals surface area contributed by atoms with E-state index in [9.17, 15) is 0 Å². The van der Waals surface area contributed by atoms with E-state index in [2.05, 4.69) is 31.3 Å². The SMILES string of the molecule is CCCOc1ccc(C(C)Nc2ccc(CO)cc2)cc1. The molecule has 1 atom stereocenters. The Kier molecular flexibility index (Phi) is 5.64. The Balaban J connectivity index is 1.96. The van der Waals surface area contributed by atoms with Gasteiger partial charge in [0, 0.05) is 11.7 Å². The van der Waals surface area contributed by atoms with Crippen LogP contribution in [0.4, 0.5) is 5.69 Å². The van der Waals surface area contributed by atoms with Crippen LogP contribution in [0.25, 0.3) is 0 Å². The smallest absolute Gasteiger partial charge is 0.119 e. The fourth-order valence-corrected chi connectivity index (χ4v) is 2.11. The third-order valence-electron chi connectivity index (χ3n) is 3.37. The number of ether oxygens (including phenoxy) is 1. The minimum atomic E-state index is 0.0784. The minimum absolute atomic E-state index is 0.0784. The first-order valence-electron chi connectivity index (χ1n) is 7.42. The molecule has 0 heterocycles. The van der Waals surface area contributed by atoms with Gasteiger partial charge in [-0.2, -0.15) is 0 Å². The first-order chi connectivity index (χ1) is 10.2. The van der Waals surface area contributed by atoms with Crippen molar-refractivity contribution in [3.8, 4) is 5.75 Å². The highest BCUT2D eigenvalue weighted by Crippen LogP contribution is 2.22. The number of nitrogens with one attached hydrogen (secondary N) is 1. The van der Waals surface area contributed by atoms with Gasteiger partial charge in [0.25, 0.3) is 0 Å². The normalized spacial score (nSPS) is 12.0. The van der Waals surface area contributed by atoms with Gasteiger partial charge in [-0.15, -0.1) is 0 Å². The van der Waals surface area contributed by atoms with Crippen LogP contribution in [-0.2, 0) is 6.61 Å². The average molecular weight is 285 g/mol. The summed E-state index contributed by atoms with van der Waals surface area (Å²) in [4.78, 5) is 0. The topological polar surface area (TPSA) is 41.5 Å². The summed E-state index contributed by atoms with van der Waals surface area (Å²) < 4.78 is 5.59. The molecule has 1 unspecified atom stereocenters. The molecule has 0 saturated carbocycles. The van der Waals surface area contributed by atoms with Gasteiger partial charge < -0.3 is 15.2 Å². The molecule has 0 radical (unpaired) electrons. The largest absolute Gasteiger partial charge is 0.494 e. The summed E-state index contributed by atoms with van der Waals surface area (Å²) in [5.74, 6) is 0.917. The molecule has 2 aromatic rings. The van der Waals surface area contributed by atoms with Crippen LogP contribution in [-0.4, -0.2) is 11.7 Å². The zero-order valence-electron chi connectivity index (χ0n) is 12.7. The van der Waals surface area contributed by atoms with E-state index in [-0.39, 0.29) is 12.6 Å².